The summed E-state index contributed by atoms with van der Waals surface area (Å²) in [5.74, 6) is -1.91. The maximum atomic E-state index is 14.5. The van der Waals surface area contributed by atoms with E-state index in [2.05, 4.69) is 17.1 Å². The number of hydrogen-bond acceptors (Lipinski definition) is 5. The molecule has 0 aromatic heterocycles. The highest BCUT2D eigenvalue weighted by atomic mass is 19.1. The Bertz CT molecular complexity index is 1090. The Labute approximate surface area is 186 Å². The molecule has 0 bridgehead atoms. The van der Waals surface area contributed by atoms with E-state index in [1.807, 2.05) is 4.90 Å². The van der Waals surface area contributed by atoms with Crippen molar-refractivity contribution in [2.75, 3.05) is 42.9 Å². The summed E-state index contributed by atoms with van der Waals surface area (Å²) in [7, 11) is 0. The van der Waals surface area contributed by atoms with Crippen molar-refractivity contribution in [2.45, 2.75) is 13.8 Å². The Kier molecular flexibility index (Phi) is 6.05. The van der Waals surface area contributed by atoms with Gasteiger partial charge >= 0.3 is 0 Å². The Hall–Kier alpha value is -3.52. The first kappa shape index (κ1) is 21.7. The van der Waals surface area contributed by atoms with Crippen molar-refractivity contribution < 1.29 is 18.8 Å². The number of piperazine rings is 1. The number of likely N-dealkylation sites (N-methyl/N-ethyl adjacent to an activating group) is 1. The zero-order valence-corrected chi connectivity index (χ0v) is 18.1. The molecule has 1 saturated heterocycles. The number of carbonyl (C=O) groups excluding carboxylic acids is 3. The zero-order chi connectivity index (χ0) is 22.8. The van der Waals surface area contributed by atoms with Gasteiger partial charge in [0.2, 0.25) is 5.91 Å². The minimum absolute atomic E-state index is 0.0583. The van der Waals surface area contributed by atoms with Gasteiger partial charge < -0.3 is 15.1 Å². The van der Waals surface area contributed by atoms with Crippen molar-refractivity contribution in [1.29, 1.82) is 0 Å². The number of carbonyl (C=O) groups is 3. The van der Waals surface area contributed by atoms with Crippen LogP contribution in [0.15, 0.2) is 54.2 Å². The Morgan fingerprint density at radius 2 is 1.62 bits per heavy atom. The monoisotopic (exact) mass is 436 g/mol. The SMILES string of the molecule is CCN1CCN(C2=C(c3ccc(NC(C)=O)cc3)C(=O)N(c3ccccc3F)C2=O)CC1. The predicted molar refractivity (Wildman–Crippen MR) is 120 cm³/mol. The van der Waals surface area contributed by atoms with Gasteiger partial charge in [0, 0.05) is 38.8 Å². The molecule has 0 unspecified atom stereocenters. The molecule has 4 rings (SSSR count). The lowest BCUT2D eigenvalue weighted by Gasteiger charge is -2.36. The van der Waals surface area contributed by atoms with Crippen LogP contribution in [0.4, 0.5) is 15.8 Å². The Morgan fingerprint density at radius 1 is 0.969 bits per heavy atom. The van der Waals surface area contributed by atoms with Gasteiger partial charge in [-0.25, -0.2) is 9.29 Å². The second-order valence-electron chi connectivity index (χ2n) is 7.80. The lowest BCUT2D eigenvalue weighted by Crippen LogP contribution is -2.47. The largest absolute Gasteiger partial charge is 0.364 e. The van der Waals surface area contributed by atoms with Gasteiger partial charge in [0.05, 0.1) is 11.3 Å². The summed E-state index contributed by atoms with van der Waals surface area (Å²) >= 11 is 0. The third kappa shape index (κ3) is 4.01. The van der Waals surface area contributed by atoms with Crippen LogP contribution in [0.1, 0.15) is 19.4 Å². The molecule has 166 valence electrons. The van der Waals surface area contributed by atoms with E-state index in [4.69, 9.17) is 0 Å². The van der Waals surface area contributed by atoms with Crippen LogP contribution in [0.3, 0.4) is 0 Å². The molecule has 8 heteroatoms. The number of benzene rings is 2. The average molecular weight is 436 g/mol. The van der Waals surface area contributed by atoms with Crippen LogP contribution >= 0.6 is 0 Å². The number of nitrogens with zero attached hydrogens (tertiary/aromatic N) is 3. The molecule has 7 nitrogen and oxygen atoms in total. The molecule has 2 aliphatic heterocycles. The van der Waals surface area contributed by atoms with E-state index in [9.17, 15) is 18.8 Å². The molecule has 0 aliphatic carbocycles. The van der Waals surface area contributed by atoms with Crippen LogP contribution in [0.25, 0.3) is 5.57 Å². The van der Waals surface area contributed by atoms with E-state index in [1.165, 1.54) is 25.1 Å². The van der Waals surface area contributed by atoms with Crippen LogP contribution in [-0.2, 0) is 14.4 Å². The Morgan fingerprint density at radius 3 is 2.22 bits per heavy atom. The standard InChI is InChI=1S/C24H25FN4O3/c1-3-27-12-14-28(15-13-27)22-21(17-8-10-18(11-9-17)26-16(2)30)23(31)29(24(22)32)20-7-5-4-6-19(20)25/h4-11H,3,12-15H2,1-2H3,(H,26,30). The molecule has 2 aromatic rings. The van der Waals surface area contributed by atoms with E-state index in [0.29, 0.717) is 30.0 Å². The molecule has 0 atom stereocenters. The van der Waals surface area contributed by atoms with Gasteiger partial charge in [0.15, 0.2) is 0 Å². The number of imide groups is 1. The first-order chi connectivity index (χ1) is 15.4. The van der Waals surface area contributed by atoms with E-state index in [0.717, 1.165) is 24.5 Å². The van der Waals surface area contributed by atoms with Crippen LogP contribution in [0.2, 0.25) is 0 Å². The lowest BCUT2D eigenvalue weighted by atomic mass is 10.0. The molecule has 32 heavy (non-hydrogen) atoms. The first-order valence-electron chi connectivity index (χ1n) is 10.6. The Balaban J connectivity index is 1.76. The maximum absolute atomic E-state index is 14.5. The average Bonchev–Trinajstić information content (AvgIpc) is 3.04. The molecule has 0 spiro atoms. The summed E-state index contributed by atoms with van der Waals surface area (Å²) in [6.07, 6.45) is 0. The number of anilines is 2. The van der Waals surface area contributed by atoms with Gasteiger partial charge in [-0.05, 0) is 36.4 Å². The zero-order valence-electron chi connectivity index (χ0n) is 18.1. The van der Waals surface area contributed by atoms with Crippen LogP contribution in [-0.4, -0.2) is 60.2 Å². The molecular formula is C24H25FN4O3. The number of hydrogen-bond donors (Lipinski definition) is 1. The van der Waals surface area contributed by atoms with E-state index in [-0.39, 0.29) is 17.2 Å². The molecule has 0 saturated carbocycles. The summed E-state index contributed by atoms with van der Waals surface area (Å²) in [6.45, 7) is 7.16. The van der Waals surface area contributed by atoms with Gasteiger partial charge in [0.1, 0.15) is 11.5 Å². The highest BCUT2D eigenvalue weighted by molar-refractivity contribution is 6.45. The summed E-state index contributed by atoms with van der Waals surface area (Å²) in [5, 5.41) is 2.69. The molecule has 1 fully saturated rings. The molecule has 2 aliphatic rings. The maximum Gasteiger partial charge on any atom is 0.282 e. The third-order valence-electron chi connectivity index (χ3n) is 5.78. The molecule has 0 radical (unpaired) electrons. The summed E-state index contributed by atoms with van der Waals surface area (Å²) in [5.41, 5.74) is 1.61. The second kappa shape index (κ2) is 8.92. The van der Waals surface area contributed by atoms with Gasteiger partial charge in [-0.15, -0.1) is 0 Å². The predicted octanol–water partition coefficient (Wildman–Crippen LogP) is 2.71. The van der Waals surface area contributed by atoms with Gasteiger partial charge in [-0.1, -0.05) is 31.2 Å². The van der Waals surface area contributed by atoms with E-state index < -0.39 is 17.6 Å². The second-order valence-corrected chi connectivity index (χ2v) is 7.80. The third-order valence-corrected chi connectivity index (χ3v) is 5.78. The summed E-state index contributed by atoms with van der Waals surface area (Å²) < 4.78 is 14.5. The number of amides is 3. The fourth-order valence-electron chi connectivity index (χ4n) is 4.13. The quantitative estimate of drug-likeness (QED) is 0.730. The smallest absolute Gasteiger partial charge is 0.282 e. The lowest BCUT2D eigenvalue weighted by molar-refractivity contribution is -0.121. The fourth-order valence-corrected chi connectivity index (χ4v) is 4.13. The van der Waals surface area contributed by atoms with Crippen molar-refractivity contribution in [3.05, 3.63) is 65.6 Å². The minimum Gasteiger partial charge on any atom is -0.364 e. The van der Waals surface area contributed by atoms with Crippen molar-refractivity contribution in [1.82, 2.24) is 9.80 Å². The highest BCUT2D eigenvalue weighted by Gasteiger charge is 2.43. The van der Waals surface area contributed by atoms with Crippen LogP contribution in [0.5, 0.6) is 0 Å². The first-order valence-corrected chi connectivity index (χ1v) is 10.6. The van der Waals surface area contributed by atoms with E-state index in [1.54, 1.807) is 30.3 Å². The van der Waals surface area contributed by atoms with Gasteiger partial charge in [-0.2, -0.15) is 0 Å². The van der Waals surface area contributed by atoms with Gasteiger partial charge in [-0.3, -0.25) is 14.4 Å². The number of para-hydroxylation sites is 1. The summed E-state index contributed by atoms with van der Waals surface area (Å²) in [4.78, 5) is 43.4. The molecule has 1 N–H and O–H groups in total. The van der Waals surface area contributed by atoms with Crippen LogP contribution in [0, 0.1) is 5.82 Å². The van der Waals surface area contributed by atoms with E-state index >= 15 is 0 Å². The molecule has 2 aromatic carbocycles. The van der Waals surface area contributed by atoms with Crippen molar-refractivity contribution in [3.63, 3.8) is 0 Å². The number of nitrogens with one attached hydrogen (secondary N) is 1. The van der Waals surface area contributed by atoms with Crippen LogP contribution < -0.4 is 10.2 Å². The fraction of sp³-hybridized carbons (Fsp3) is 0.292. The van der Waals surface area contributed by atoms with Crippen molar-refractivity contribution in [2.24, 2.45) is 0 Å². The molecule has 2 heterocycles. The number of halogens is 1. The van der Waals surface area contributed by atoms with Crippen molar-refractivity contribution in [3.8, 4) is 0 Å². The molecular weight excluding hydrogens is 411 g/mol. The topological polar surface area (TPSA) is 73.0 Å². The minimum atomic E-state index is -0.633. The summed E-state index contributed by atoms with van der Waals surface area (Å²) in [6, 6.07) is 12.5. The number of rotatable bonds is 5. The van der Waals surface area contributed by atoms with Gasteiger partial charge in [0.25, 0.3) is 11.8 Å². The molecule has 3 amide bonds. The highest BCUT2D eigenvalue weighted by Crippen LogP contribution is 2.36. The normalized spacial score (nSPS) is 17.3. The van der Waals surface area contributed by atoms with Crippen molar-refractivity contribution >= 4 is 34.7 Å².